The Kier molecular flexibility index (Phi) is 6.44. The van der Waals surface area contributed by atoms with E-state index in [4.69, 9.17) is 18.9 Å². The van der Waals surface area contributed by atoms with Crippen LogP contribution in [-0.2, 0) is 17.9 Å². The van der Waals surface area contributed by atoms with Crippen LogP contribution >= 0.6 is 0 Å². The van der Waals surface area contributed by atoms with Gasteiger partial charge in [0.05, 0.1) is 25.3 Å². The highest BCUT2D eigenvalue weighted by Crippen LogP contribution is 2.40. The van der Waals surface area contributed by atoms with E-state index < -0.39 is 0 Å². The van der Waals surface area contributed by atoms with Gasteiger partial charge in [0.25, 0.3) is 0 Å². The third-order valence-electron chi connectivity index (χ3n) is 6.55. The molecular formula is C30H27NO6. The number of hydrogen-bond donors (Lipinski definition) is 0. The number of esters is 1. The van der Waals surface area contributed by atoms with E-state index in [0.29, 0.717) is 29.2 Å². The molecule has 7 nitrogen and oxygen atoms in total. The zero-order valence-electron chi connectivity index (χ0n) is 21.2. The van der Waals surface area contributed by atoms with Crippen LogP contribution in [0.4, 0.5) is 0 Å². The fourth-order valence-electron chi connectivity index (χ4n) is 4.49. The summed E-state index contributed by atoms with van der Waals surface area (Å²) in [6, 6.07) is 16.5. The summed E-state index contributed by atoms with van der Waals surface area (Å²) in [6.07, 6.45) is 3.81. The number of aromatic nitrogens is 1. The van der Waals surface area contributed by atoms with Crippen molar-refractivity contribution in [3.63, 3.8) is 0 Å². The lowest BCUT2D eigenvalue weighted by molar-refractivity contribution is 0.0600. The number of nitrogens with zero attached hydrogens (tertiary/aromatic N) is 1. The Balaban J connectivity index is 1.39. The number of carbonyl (C=O) groups excluding carboxylic acids is 2. The molecule has 3 aromatic carbocycles. The number of rotatable bonds is 7. The van der Waals surface area contributed by atoms with Crippen LogP contribution in [0.2, 0.25) is 0 Å². The van der Waals surface area contributed by atoms with Crippen LogP contribution < -0.4 is 14.2 Å². The predicted molar refractivity (Wildman–Crippen MR) is 140 cm³/mol. The molecular weight excluding hydrogens is 470 g/mol. The average Bonchev–Trinajstić information content (AvgIpc) is 3.45. The highest BCUT2D eigenvalue weighted by Gasteiger charge is 2.30. The van der Waals surface area contributed by atoms with Gasteiger partial charge in [-0.2, -0.15) is 0 Å². The molecule has 0 aliphatic carbocycles. The Morgan fingerprint density at radius 3 is 2.54 bits per heavy atom. The minimum Gasteiger partial charge on any atom is -0.497 e. The third kappa shape index (κ3) is 4.44. The molecule has 7 heteroatoms. The van der Waals surface area contributed by atoms with E-state index in [0.717, 1.165) is 39.9 Å². The minimum atomic E-state index is -0.383. The number of benzene rings is 3. The van der Waals surface area contributed by atoms with E-state index in [1.54, 1.807) is 37.5 Å². The van der Waals surface area contributed by atoms with Crippen LogP contribution in [0, 0.1) is 6.92 Å². The van der Waals surface area contributed by atoms with Crippen molar-refractivity contribution < 1.29 is 28.5 Å². The molecule has 1 aromatic heterocycles. The van der Waals surface area contributed by atoms with E-state index in [9.17, 15) is 9.59 Å². The molecule has 0 amide bonds. The van der Waals surface area contributed by atoms with E-state index in [1.165, 1.54) is 7.11 Å². The first-order valence-electron chi connectivity index (χ1n) is 12.0. The second kappa shape index (κ2) is 9.85. The van der Waals surface area contributed by atoms with Crippen molar-refractivity contribution in [1.82, 2.24) is 4.57 Å². The quantitative estimate of drug-likeness (QED) is 0.232. The molecule has 0 spiro atoms. The monoisotopic (exact) mass is 497 g/mol. The number of aryl methyl sites for hydroxylation is 1. The van der Waals surface area contributed by atoms with Crippen molar-refractivity contribution in [2.45, 2.75) is 27.0 Å². The largest absolute Gasteiger partial charge is 0.497 e. The predicted octanol–water partition coefficient (Wildman–Crippen LogP) is 5.96. The van der Waals surface area contributed by atoms with Gasteiger partial charge in [0.1, 0.15) is 23.9 Å². The Labute approximate surface area is 214 Å². The third-order valence-corrected chi connectivity index (χ3v) is 6.55. The van der Waals surface area contributed by atoms with Gasteiger partial charge in [-0.1, -0.05) is 12.1 Å². The number of methoxy groups -OCH3 is 2. The molecule has 0 saturated heterocycles. The number of Topliss-reactive ketones (excluding diaryl/α,β-unsaturated/α-hetero) is 1. The Hall–Kier alpha value is -4.52. The summed E-state index contributed by atoms with van der Waals surface area (Å²) < 4.78 is 24.4. The number of carbonyl (C=O) groups is 2. The fourth-order valence-corrected chi connectivity index (χ4v) is 4.49. The summed E-state index contributed by atoms with van der Waals surface area (Å²) in [5, 5.41) is 0.986. The summed E-state index contributed by atoms with van der Waals surface area (Å²) in [5.41, 5.74) is 4.58. The van der Waals surface area contributed by atoms with Crippen LogP contribution in [0.1, 0.15) is 44.3 Å². The fraction of sp³-hybridized carbons (Fsp3) is 0.200. The SMILES string of the molecule is CCn1cc(/C=C2/Oc3c(ccc(OCc4ccc(C(=O)OC)cc4)c3C)C2=O)c2cc(OC)ccc21. The lowest BCUT2D eigenvalue weighted by Gasteiger charge is -2.11. The van der Waals surface area contributed by atoms with Crippen molar-refractivity contribution in [2.75, 3.05) is 14.2 Å². The molecule has 0 unspecified atom stereocenters. The van der Waals surface area contributed by atoms with E-state index in [-0.39, 0.29) is 17.5 Å². The molecule has 4 aromatic rings. The number of ether oxygens (including phenoxy) is 4. The summed E-state index contributed by atoms with van der Waals surface area (Å²) >= 11 is 0. The molecule has 0 fully saturated rings. The van der Waals surface area contributed by atoms with Gasteiger partial charge in [-0.3, -0.25) is 4.79 Å². The smallest absolute Gasteiger partial charge is 0.337 e. The second-order valence-corrected chi connectivity index (χ2v) is 8.74. The molecule has 2 heterocycles. The van der Waals surface area contributed by atoms with Crippen molar-refractivity contribution in [1.29, 1.82) is 0 Å². The molecule has 0 bridgehead atoms. The van der Waals surface area contributed by atoms with Gasteiger partial charge in [-0.05, 0) is 68.0 Å². The highest BCUT2D eigenvalue weighted by atomic mass is 16.5. The molecule has 5 rings (SSSR count). The average molecular weight is 498 g/mol. The Bertz CT molecular complexity index is 1540. The second-order valence-electron chi connectivity index (χ2n) is 8.74. The molecule has 37 heavy (non-hydrogen) atoms. The van der Waals surface area contributed by atoms with Gasteiger partial charge in [0, 0.05) is 34.8 Å². The first-order valence-corrected chi connectivity index (χ1v) is 12.0. The van der Waals surface area contributed by atoms with Crippen LogP contribution in [0.5, 0.6) is 17.2 Å². The molecule has 188 valence electrons. The van der Waals surface area contributed by atoms with Crippen molar-refractivity contribution >= 4 is 28.7 Å². The number of fused-ring (bicyclic) bond motifs is 2. The molecule has 1 aliphatic heterocycles. The van der Waals surface area contributed by atoms with Gasteiger partial charge in [0.2, 0.25) is 5.78 Å². The zero-order chi connectivity index (χ0) is 26.1. The maximum absolute atomic E-state index is 13.2. The van der Waals surface area contributed by atoms with Gasteiger partial charge in [-0.25, -0.2) is 4.79 Å². The van der Waals surface area contributed by atoms with Gasteiger partial charge >= 0.3 is 5.97 Å². The van der Waals surface area contributed by atoms with Crippen LogP contribution in [0.15, 0.2) is 66.6 Å². The lowest BCUT2D eigenvalue weighted by Crippen LogP contribution is -2.02. The maximum Gasteiger partial charge on any atom is 0.337 e. The summed E-state index contributed by atoms with van der Waals surface area (Å²) in [4.78, 5) is 24.8. The van der Waals surface area contributed by atoms with Crippen LogP contribution in [0.25, 0.3) is 17.0 Å². The summed E-state index contributed by atoms with van der Waals surface area (Å²) in [5.74, 6) is 1.60. The normalized spacial score (nSPS) is 13.5. The highest BCUT2D eigenvalue weighted by molar-refractivity contribution is 6.15. The Morgan fingerprint density at radius 1 is 1.05 bits per heavy atom. The number of allylic oxidation sites excluding steroid dienone is 1. The molecule has 0 N–H and O–H groups in total. The molecule has 1 aliphatic rings. The number of ketones is 1. The van der Waals surface area contributed by atoms with E-state index in [2.05, 4.69) is 11.5 Å². The van der Waals surface area contributed by atoms with Gasteiger partial charge < -0.3 is 23.5 Å². The van der Waals surface area contributed by atoms with Crippen LogP contribution in [-0.4, -0.2) is 30.5 Å². The van der Waals surface area contributed by atoms with Crippen molar-refractivity contribution in [3.8, 4) is 17.2 Å². The zero-order valence-corrected chi connectivity index (χ0v) is 21.2. The van der Waals surface area contributed by atoms with E-state index in [1.807, 2.05) is 43.5 Å². The minimum absolute atomic E-state index is 0.164. The first kappa shape index (κ1) is 24.2. The Morgan fingerprint density at radius 2 is 1.84 bits per heavy atom. The van der Waals surface area contributed by atoms with Crippen molar-refractivity contribution in [2.24, 2.45) is 0 Å². The number of hydrogen-bond acceptors (Lipinski definition) is 6. The van der Waals surface area contributed by atoms with Crippen molar-refractivity contribution in [3.05, 3.63) is 94.4 Å². The molecule has 0 radical (unpaired) electrons. The van der Waals surface area contributed by atoms with E-state index >= 15 is 0 Å². The summed E-state index contributed by atoms with van der Waals surface area (Å²) in [6.45, 7) is 5.05. The standard InChI is InChI=1S/C30H27NO6/c1-5-31-16-21(24-15-22(34-3)10-12-25(24)31)14-27-28(32)23-11-13-26(18(2)29(23)37-27)36-17-19-6-8-20(9-7-19)30(33)35-4/h6-16H,5,17H2,1-4H3/b27-14+. The summed E-state index contributed by atoms with van der Waals surface area (Å²) in [7, 11) is 2.99. The molecule has 0 atom stereocenters. The topological polar surface area (TPSA) is 76.0 Å². The van der Waals surface area contributed by atoms with Crippen LogP contribution in [0.3, 0.4) is 0 Å². The van der Waals surface area contributed by atoms with Gasteiger partial charge in [-0.15, -0.1) is 0 Å². The van der Waals surface area contributed by atoms with Gasteiger partial charge in [0.15, 0.2) is 5.76 Å². The maximum atomic E-state index is 13.2. The molecule has 0 saturated carbocycles. The first-order chi connectivity index (χ1) is 17.9. The lowest BCUT2D eigenvalue weighted by atomic mass is 10.1.